The summed E-state index contributed by atoms with van der Waals surface area (Å²) in [4.78, 5) is 0. The second kappa shape index (κ2) is 8.51. The predicted molar refractivity (Wildman–Crippen MR) is 95.0 cm³/mol. The Balaban J connectivity index is 1.82. The zero-order valence-corrected chi connectivity index (χ0v) is 15.4. The number of thioether (sulfide) groups is 1. The Labute approximate surface area is 144 Å². The van der Waals surface area contributed by atoms with E-state index in [2.05, 4.69) is 21.8 Å². The molecule has 1 aromatic carbocycles. The van der Waals surface area contributed by atoms with Crippen LogP contribution in [0.25, 0.3) is 0 Å². The van der Waals surface area contributed by atoms with Gasteiger partial charge in [0.15, 0.2) is 4.34 Å². The van der Waals surface area contributed by atoms with E-state index in [1.54, 1.807) is 0 Å². The maximum atomic E-state index is 12.0. The van der Waals surface area contributed by atoms with Crippen molar-refractivity contribution in [3.8, 4) is 5.75 Å². The first-order valence-electron chi connectivity index (χ1n) is 7.21. The van der Waals surface area contributed by atoms with Gasteiger partial charge < -0.3 is 4.74 Å². The third kappa shape index (κ3) is 6.00. The number of aromatic nitrogens is 2. The fourth-order valence-electron chi connectivity index (χ4n) is 1.71. The summed E-state index contributed by atoms with van der Waals surface area (Å²) in [6.07, 6.45) is 0.957. The van der Waals surface area contributed by atoms with E-state index in [-0.39, 0.29) is 17.5 Å². The molecule has 2 aromatic rings. The zero-order chi connectivity index (χ0) is 16.7. The van der Waals surface area contributed by atoms with Crippen LogP contribution in [0.3, 0.4) is 0 Å². The van der Waals surface area contributed by atoms with Crippen molar-refractivity contribution in [2.75, 3.05) is 22.8 Å². The quantitative estimate of drug-likeness (QED) is 0.681. The molecule has 126 valence electrons. The molecule has 0 saturated carbocycles. The number of sulfonamides is 1. The molecule has 0 aliphatic heterocycles. The van der Waals surface area contributed by atoms with Crippen LogP contribution >= 0.6 is 23.1 Å². The van der Waals surface area contributed by atoms with Crippen molar-refractivity contribution in [3.05, 3.63) is 29.8 Å². The lowest BCUT2D eigenvalue weighted by Crippen LogP contribution is -2.21. The molecule has 0 bridgehead atoms. The minimum absolute atomic E-state index is 0.0795. The summed E-state index contributed by atoms with van der Waals surface area (Å²) in [7, 11) is -3.50. The van der Waals surface area contributed by atoms with Crippen LogP contribution in [0.2, 0.25) is 0 Å². The smallest absolute Gasteiger partial charge is 0.237 e. The van der Waals surface area contributed by atoms with E-state index in [1.807, 2.05) is 31.2 Å². The van der Waals surface area contributed by atoms with E-state index in [0.29, 0.717) is 5.75 Å². The number of hydrogen-bond acceptors (Lipinski definition) is 7. The molecule has 2 rings (SSSR count). The first-order chi connectivity index (χ1) is 11.0. The van der Waals surface area contributed by atoms with E-state index in [4.69, 9.17) is 4.74 Å². The summed E-state index contributed by atoms with van der Waals surface area (Å²) < 4.78 is 32.6. The van der Waals surface area contributed by atoms with Crippen LogP contribution in [0.5, 0.6) is 5.75 Å². The van der Waals surface area contributed by atoms with E-state index in [0.717, 1.165) is 16.5 Å². The lowest BCUT2D eigenvalue weighted by molar-refractivity contribution is 0.341. The molecule has 0 spiro atoms. The fourth-order valence-corrected chi connectivity index (χ4v) is 4.47. The van der Waals surface area contributed by atoms with Gasteiger partial charge in [-0.3, -0.25) is 4.72 Å². The lowest BCUT2D eigenvalue weighted by Gasteiger charge is -2.08. The molecule has 1 aromatic heterocycles. The Kier molecular flexibility index (Phi) is 6.67. The molecule has 0 unspecified atom stereocenters. The van der Waals surface area contributed by atoms with Gasteiger partial charge in [0, 0.05) is 0 Å². The number of nitrogens with zero attached hydrogens (tertiary/aromatic N) is 2. The molecule has 0 aliphatic carbocycles. The second-order valence-corrected chi connectivity index (χ2v) is 8.90. The molecular formula is C14H19N3O3S3. The normalized spacial score (nSPS) is 11.4. The van der Waals surface area contributed by atoms with Gasteiger partial charge in [0.05, 0.1) is 0 Å². The predicted octanol–water partition coefficient (Wildman–Crippen LogP) is 3.03. The van der Waals surface area contributed by atoms with Gasteiger partial charge in [0.1, 0.15) is 18.1 Å². The molecule has 9 heteroatoms. The topological polar surface area (TPSA) is 81.2 Å². The lowest BCUT2D eigenvalue weighted by atomic mass is 10.2. The first-order valence-corrected chi connectivity index (χ1v) is 10.7. The van der Waals surface area contributed by atoms with Crippen molar-refractivity contribution in [1.82, 2.24) is 10.2 Å². The molecule has 0 saturated heterocycles. The standard InChI is InChI=1S/C14H19N3O3S3/c1-3-11-5-7-12(8-6-11)20-9-10-23(18,19)17-13-15-16-14(22-13)21-4-2/h5-8H,3-4,9-10H2,1-2H3,(H,15,17). The summed E-state index contributed by atoms with van der Waals surface area (Å²) in [5.74, 6) is 1.39. The average Bonchev–Trinajstić information content (AvgIpc) is 2.94. The molecule has 0 aliphatic rings. The molecule has 0 fully saturated rings. The van der Waals surface area contributed by atoms with Gasteiger partial charge in [-0.25, -0.2) is 8.42 Å². The Bertz CT molecular complexity index is 714. The molecule has 0 radical (unpaired) electrons. The van der Waals surface area contributed by atoms with E-state index >= 15 is 0 Å². The monoisotopic (exact) mass is 373 g/mol. The van der Waals surface area contributed by atoms with Gasteiger partial charge >= 0.3 is 0 Å². The van der Waals surface area contributed by atoms with Crippen molar-refractivity contribution in [2.45, 2.75) is 24.6 Å². The fraction of sp³-hybridized carbons (Fsp3) is 0.429. The number of benzene rings is 1. The SMILES string of the molecule is CCSc1nnc(NS(=O)(=O)CCOc2ccc(CC)cc2)s1. The van der Waals surface area contributed by atoms with Crippen LogP contribution in [-0.2, 0) is 16.4 Å². The van der Waals surface area contributed by atoms with Gasteiger partial charge in [-0.1, -0.05) is 49.1 Å². The van der Waals surface area contributed by atoms with Crippen LogP contribution in [0.1, 0.15) is 19.4 Å². The molecular weight excluding hydrogens is 354 g/mol. The molecule has 1 heterocycles. The van der Waals surface area contributed by atoms with Gasteiger partial charge in [0.2, 0.25) is 15.2 Å². The van der Waals surface area contributed by atoms with Crippen LogP contribution < -0.4 is 9.46 Å². The molecule has 1 N–H and O–H groups in total. The van der Waals surface area contributed by atoms with E-state index in [9.17, 15) is 8.42 Å². The summed E-state index contributed by atoms with van der Waals surface area (Å²) in [5.41, 5.74) is 1.21. The highest BCUT2D eigenvalue weighted by Crippen LogP contribution is 2.25. The van der Waals surface area contributed by atoms with Crippen molar-refractivity contribution in [3.63, 3.8) is 0 Å². The summed E-state index contributed by atoms with van der Waals surface area (Å²) >= 11 is 2.75. The Morgan fingerprint density at radius 2 is 1.96 bits per heavy atom. The molecule has 0 amide bonds. The number of hydrogen-bond donors (Lipinski definition) is 1. The van der Waals surface area contributed by atoms with Crippen LogP contribution in [0, 0.1) is 0 Å². The summed E-state index contributed by atoms with van der Waals surface area (Å²) in [5, 5.41) is 8.01. The van der Waals surface area contributed by atoms with Crippen LogP contribution in [0.15, 0.2) is 28.6 Å². The Morgan fingerprint density at radius 3 is 2.61 bits per heavy atom. The van der Waals surface area contributed by atoms with Crippen molar-refractivity contribution < 1.29 is 13.2 Å². The first kappa shape index (κ1) is 18.0. The van der Waals surface area contributed by atoms with Crippen molar-refractivity contribution >= 4 is 38.3 Å². The highest BCUT2D eigenvalue weighted by Gasteiger charge is 2.14. The maximum Gasteiger partial charge on any atom is 0.237 e. The maximum absolute atomic E-state index is 12.0. The molecule has 23 heavy (non-hydrogen) atoms. The number of ether oxygens (including phenoxy) is 1. The van der Waals surface area contributed by atoms with Gasteiger partial charge in [-0.05, 0) is 29.9 Å². The van der Waals surface area contributed by atoms with Crippen molar-refractivity contribution in [1.29, 1.82) is 0 Å². The molecule has 6 nitrogen and oxygen atoms in total. The van der Waals surface area contributed by atoms with Crippen LogP contribution in [0.4, 0.5) is 5.13 Å². The summed E-state index contributed by atoms with van der Waals surface area (Å²) in [6.45, 7) is 4.16. The highest BCUT2D eigenvalue weighted by molar-refractivity contribution is 8.01. The number of aryl methyl sites for hydroxylation is 1. The van der Waals surface area contributed by atoms with Crippen LogP contribution in [-0.4, -0.2) is 36.7 Å². The second-order valence-electron chi connectivity index (χ2n) is 4.57. The van der Waals surface area contributed by atoms with Gasteiger partial charge in [-0.15, -0.1) is 10.2 Å². The number of nitrogens with one attached hydrogen (secondary N) is 1. The Hall–Kier alpha value is -1.32. The minimum Gasteiger partial charge on any atom is -0.492 e. The van der Waals surface area contributed by atoms with Crippen molar-refractivity contribution in [2.24, 2.45) is 0 Å². The number of rotatable bonds is 9. The largest absolute Gasteiger partial charge is 0.492 e. The average molecular weight is 374 g/mol. The highest BCUT2D eigenvalue weighted by atomic mass is 32.2. The van der Waals surface area contributed by atoms with E-state index < -0.39 is 10.0 Å². The minimum atomic E-state index is -3.50. The Morgan fingerprint density at radius 1 is 1.22 bits per heavy atom. The number of anilines is 1. The zero-order valence-electron chi connectivity index (χ0n) is 13.0. The third-order valence-corrected chi connectivity index (χ3v) is 6.06. The van der Waals surface area contributed by atoms with E-state index in [1.165, 1.54) is 28.7 Å². The van der Waals surface area contributed by atoms with Gasteiger partial charge in [-0.2, -0.15) is 0 Å². The third-order valence-electron chi connectivity index (χ3n) is 2.87. The van der Waals surface area contributed by atoms with Gasteiger partial charge in [0.25, 0.3) is 0 Å². The molecule has 0 atom stereocenters. The summed E-state index contributed by atoms with van der Waals surface area (Å²) in [6, 6.07) is 7.63.